The molecule has 0 saturated carbocycles. The van der Waals surface area contributed by atoms with Gasteiger partial charge in [0.25, 0.3) is 0 Å². The zero-order valence-electron chi connectivity index (χ0n) is 16.3. The molecule has 8 nitrogen and oxygen atoms in total. The largest absolute Gasteiger partial charge is 0.381 e. The van der Waals surface area contributed by atoms with E-state index in [1.54, 1.807) is 13.2 Å². The minimum absolute atomic E-state index is 0.235. The second kappa shape index (κ2) is 7.55. The van der Waals surface area contributed by atoms with Gasteiger partial charge in [0.2, 0.25) is 0 Å². The molecule has 1 atom stereocenters. The third kappa shape index (κ3) is 3.43. The van der Waals surface area contributed by atoms with Gasteiger partial charge < -0.3 is 14.6 Å². The van der Waals surface area contributed by atoms with Gasteiger partial charge in [0.1, 0.15) is 17.5 Å². The Kier molecular flexibility index (Phi) is 4.95. The standard InChI is InChI=1S/C20H24N6O2/c1-4-13-10-26(16-8-17(22-9-15(13)16)24-20(27)21-3)18-7-12(2)23-19(25-18)14-5-6-28-11-14/h7-10,14H,4-6,11H2,1-3H3,(H2,21,22,24,27). The van der Waals surface area contributed by atoms with E-state index >= 15 is 0 Å². The summed E-state index contributed by atoms with van der Waals surface area (Å²) in [7, 11) is 1.57. The number of nitrogens with zero attached hydrogens (tertiary/aromatic N) is 4. The minimum atomic E-state index is -0.304. The summed E-state index contributed by atoms with van der Waals surface area (Å²) < 4.78 is 7.57. The molecule has 3 aromatic heterocycles. The van der Waals surface area contributed by atoms with Crippen LogP contribution in [0.25, 0.3) is 16.7 Å². The molecule has 0 spiro atoms. The molecule has 4 rings (SSSR count). The van der Waals surface area contributed by atoms with Crippen LogP contribution >= 0.6 is 0 Å². The molecule has 1 aliphatic heterocycles. The molecule has 1 aliphatic rings. The second-order valence-electron chi connectivity index (χ2n) is 6.95. The van der Waals surface area contributed by atoms with Crippen LogP contribution < -0.4 is 10.6 Å². The zero-order valence-corrected chi connectivity index (χ0v) is 16.3. The zero-order chi connectivity index (χ0) is 19.7. The van der Waals surface area contributed by atoms with Crippen molar-refractivity contribution in [3.8, 4) is 5.82 Å². The minimum Gasteiger partial charge on any atom is -0.381 e. The lowest BCUT2D eigenvalue weighted by Gasteiger charge is -2.12. The molecular weight excluding hydrogens is 356 g/mol. The number of nitrogens with one attached hydrogen (secondary N) is 2. The van der Waals surface area contributed by atoms with E-state index < -0.39 is 0 Å². The van der Waals surface area contributed by atoms with Crippen LogP contribution in [0.2, 0.25) is 0 Å². The fourth-order valence-electron chi connectivity index (χ4n) is 3.52. The van der Waals surface area contributed by atoms with Gasteiger partial charge >= 0.3 is 6.03 Å². The number of ether oxygens (including phenoxy) is 1. The van der Waals surface area contributed by atoms with Crippen molar-refractivity contribution >= 4 is 22.8 Å². The van der Waals surface area contributed by atoms with Gasteiger partial charge in [-0.2, -0.15) is 0 Å². The van der Waals surface area contributed by atoms with Gasteiger partial charge in [-0.15, -0.1) is 0 Å². The molecule has 0 radical (unpaired) electrons. The lowest BCUT2D eigenvalue weighted by atomic mass is 10.1. The number of pyridine rings is 1. The van der Waals surface area contributed by atoms with E-state index in [4.69, 9.17) is 9.72 Å². The molecule has 0 aliphatic carbocycles. The Balaban J connectivity index is 1.83. The Hall–Kier alpha value is -3.00. The van der Waals surface area contributed by atoms with Crippen LogP contribution in [-0.2, 0) is 11.2 Å². The first kappa shape index (κ1) is 18.4. The van der Waals surface area contributed by atoms with E-state index in [0.29, 0.717) is 12.4 Å². The number of aryl methyl sites for hydroxylation is 2. The van der Waals surface area contributed by atoms with E-state index in [1.165, 1.54) is 5.56 Å². The fraction of sp³-hybridized carbons (Fsp3) is 0.400. The molecule has 1 unspecified atom stereocenters. The van der Waals surface area contributed by atoms with Gasteiger partial charge in [0.15, 0.2) is 0 Å². The Morgan fingerprint density at radius 1 is 1.36 bits per heavy atom. The van der Waals surface area contributed by atoms with Crippen molar-refractivity contribution in [3.05, 3.63) is 41.6 Å². The lowest BCUT2D eigenvalue weighted by molar-refractivity contribution is 0.193. The molecule has 2 N–H and O–H groups in total. The third-order valence-electron chi connectivity index (χ3n) is 5.02. The highest BCUT2D eigenvalue weighted by atomic mass is 16.5. The van der Waals surface area contributed by atoms with Gasteiger partial charge in [0, 0.05) is 55.2 Å². The van der Waals surface area contributed by atoms with Crippen molar-refractivity contribution < 1.29 is 9.53 Å². The molecule has 28 heavy (non-hydrogen) atoms. The molecule has 146 valence electrons. The van der Waals surface area contributed by atoms with Crippen LogP contribution in [0.4, 0.5) is 10.6 Å². The van der Waals surface area contributed by atoms with E-state index in [1.807, 2.05) is 19.1 Å². The maximum atomic E-state index is 11.7. The van der Waals surface area contributed by atoms with E-state index in [-0.39, 0.29) is 11.9 Å². The maximum Gasteiger partial charge on any atom is 0.320 e. The van der Waals surface area contributed by atoms with E-state index in [2.05, 4.69) is 38.3 Å². The second-order valence-corrected chi connectivity index (χ2v) is 6.95. The van der Waals surface area contributed by atoms with Crippen LogP contribution in [0.5, 0.6) is 0 Å². The number of fused-ring (bicyclic) bond motifs is 1. The van der Waals surface area contributed by atoms with Crippen molar-refractivity contribution in [1.29, 1.82) is 0 Å². The van der Waals surface area contributed by atoms with Gasteiger partial charge in [-0.05, 0) is 25.3 Å². The van der Waals surface area contributed by atoms with Crippen LogP contribution in [0, 0.1) is 6.92 Å². The highest BCUT2D eigenvalue weighted by Gasteiger charge is 2.22. The Labute approximate surface area is 163 Å². The fourth-order valence-corrected chi connectivity index (χ4v) is 3.52. The number of aromatic nitrogens is 4. The van der Waals surface area contributed by atoms with Gasteiger partial charge in [-0.1, -0.05) is 6.92 Å². The predicted octanol–water partition coefficient (Wildman–Crippen LogP) is 2.94. The quantitative estimate of drug-likeness (QED) is 0.726. The summed E-state index contributed by atoms with van der Waals surface area (Å²) in [5.74, 6) is 2.36. The molecule has 1 fully saturated rings. The van der Waals surface area contributed by atoms with Crippen molar-refractivity contribution in [1.82, 2.24) is 24.8 Å². The molecule has 3 aromatic rings. The first-order valence-corrected chi connectivity index (χ1v) is 9.51. The van der Waals surface area contributed by atoms with Crippen molar-refractivity contribution in [2.45, 2.75) is 32.6 Å². The molecular formula is C20H24N6O2. The highest BCUT2D eigenvalue weighted by Crippen LogP contribution is 2.28. The first-order valence-electron chi connectivity index (χ1n) is 9.51. The first-order chi connectivity index (χ1) is 13.6. The van der Waals surface area contributed by atoms with Crippen LogP contribution in [-0.4, -0.2) is 45.8 Å². The summed E-state index contributed by atoms with van der Waals surface area (Å²) in [4.78, 5) is 25.5. The van der Waals surface area contributed by atoms with Crippen LogP contribution in [0.3, 0.4) is 0 Å². The molecule has 4 heterocycles. The normalized spacial score (nSPS) is 16.5. The summed E-state index contributed by atoms with van der Waals surface area (Å²) in [6.07, 6.45) is 5.71. The monoisotopic (exact) mass is 380 g/mol. The summed E-state index contributed by atoms with van der Waals surface area (Å²) >= 11 is 0. The number of carbonyl (C=O) groups excluding carboxylic acids is 1. The average molecular weight is 380 g/mol. The number of hydrogen-bond donors (Lipinski definition) is 2. The Bertz CT molecular complexity index is 1020. The van der Waals surface area contributed by atoms with Crippen LogP contribution in [0.15, 0.2) is 24.5 Å². The number of amides is 2. The summed E-state index contributed by atoms with van der Waals surface area (Å²) in [5, 5.41) is 6.32. The summed E-state index contributed by atoms with van der Waals surface area (Å²) in [6, 6.07) is 3.55. The molecule has 8 heteroatoms. The number of rotatable bonds is 4. The number of anilines is 1. The van der Waals surface area contributed by atoms with Crippen LogP contribution in [0.1, 0.15) is 36.3 Å². The lowest BCUT2D eigenvalue weighted by Crippen LogP contribution is -2.24. The average Bonchev–Trinajstić information content (AvgIpc) is 3.35. The van der Waals surface area contributed by atoms with Gasteiger partial charge in [0.05, 0.1) is 12.1 Å². The molecule has 0 bridgehead atoms. The van der Waals surface area contributed by atoms with Crippen molar-refractivity contribution in [3.63, 3.8) is 0 Å². The third-order valence-corrected chi connectivity index (χ3v) is 5.02. The highest BCUT2D eigenvalue weighted by molar-refractivity contribution is 5.92. The smallest absolute Gasteiger partial charge is 0.320 e. The van der Waals surface area contributed by atoms with Gasteiger partial charge in [-0.25, -0.2) is 19.7 Å². The number of carbonyl (C=O) groups is 1. The Morgan fingerprint density at radius 2 is 2.21 bits per heavy atom. The number of urea groups is 1. The van der Waals surface area contributed by atoms with Gasteiger partial charge in [-0.3, -0.25) is 5.32 Å². The SMILES string of the molecule is CCc1cn(-c2cc(C)nc(C3CCOC3)n2)c2cc(NC(=O)NC)ncc12. The Morgan fingerprint density at radius 3 is 2.93 bits per heavy atom. The van der Waals surface area contributed by atoms with Crippen molar-refractivity contribution in [2.75, 3.05) is 25.6 Å². The maximum absolute atomic E-state index is 11.7. The molecule has 1 saturated heterocycles. The van der Waals surface area contributed by atoms with E-state index in [9.17, 15) is 4.79 Å². The summed E-state index contributed by atoms with van der Waals surface area (Å²) in [6.45, 7) is 5.52. The summed E-state index contributed by atoms with van der Waals surface area (Å²) in [5.41, 5.74) is 3.05. The van der Waals surface area contributed by atoms with Crippen molar-refractivity contribution in [2.24, 2.45) is 0 Å². The van der Waals surface area contributed by atoms with E-state index in [0.717, 1.165) is 47.7 Å². The predicted molar refractivity (Wildman–Crippen MR) is 107 cm³/mol. The molecule has 2 amide bonds. The molecule has 0 aromatic carbocycles. The topological polar surface area (TPSA) is 94.0 Å². The number of hydrogen-bond acceptors (Lipinski definition) is 5.